The van der Waals surface area contributed by atoms with Crippen LogP contribution in [-0.4, -0.2) is 11.0 Å². The third kappa shape index (κ3) is 2.23. The van der Waals surface area contributed by atoms with Crippen LogP contribution in [-0.2, 0) is 0 Å². The van der Waals surface area contributed by atoms with Gasteiger partial charge in [0.1, 0.15) is 0 Å². The topological polar surface area (TPSA) is 26.1 Å². The molecule has 62 valence electrons. The van der Waals surface area contributed by atoms with Crippen molar-refractivity contribution in [1.82, 2.24) is 0 Å². The Hall–Kier alpha value is -1.57. The van der Waals surface area contributed by atoms with Gasteiger partial charge in [0.15, 0.2) is 6.21 Å². The van der Waals surface area contributed by atoms with Gasteiger partial charge in [-0.25, -0.2) is 0 Å². The summed E-state index contributed by atoms with van der Waals surface area (Å²) in [4.78, 5) is 0. The highest BCUT2D eigenvalue weighted by Crippen LogP contribution is 2.07. The first-order valence-electron chi connectivity index (χ1n) is 3.80. The lowest BCUT2D eigenvalue weighted by atomic mass is 10.3. The van der Waals surface area contributed by atoms with Crippen LogP contribution in [0.25, 0.3) is 0 Å². The lowest BCUT2D eigenvalue weighted by Gasteiger charge is -2.00. The fraction of sp³-hybridized carbons (Fsp3) is 0.100. The van der Waals surface area contributed by atoms with Crippen LogP contribution in [0.3, 0.4) is 0 Å². The number of para-hydroxylation sites is 1. The van der Waals surface area contributed by atoms with Crippen molar-refractivity contribution in [3.63, 3.8) is 0 Å². The van der Waals surface area contributed by atoms with E-state index in [9.17, 15) is 5.21 Å². The van der Waals surface area contributed by atoms with Crippen molar-refractivity contribution in [2.45, 2.75) is 6.42 Å². The third-order valence-electron chi connectivity index (χ3n) is 1.45. The number of benzene rings is 1. The van der Waals surface area contributed by atoms with Gasteiger partial charge in [0.2, 0.25) is 5.69 Å². The van der Waals surface area contributed by atoms with Gasteiger partial charge < -0.3 is 5.21 Å². The highest BCUT2D eigenvalue weighted by Gasteiger charge is 1.95. The van der Waals surface area contributed by atoms with Crippen LogP contribution in [0.2, 0.25) is 0 Å². The molecular weight excluding hydrogens is 150 g/mol. The van der Waals surface area contributed by atoms with E-state index in [0.717, 1.165) is 4.74 Å². The quantitative estimate of drug-likeness (QED) is 0.220. The van der Waals surface area contributed by atoms with Gasteiger partial charge >= 0.3 is 0 Å². The molecule has 0 fully saturated rings. The van der Waals surface area contributed by atoms with E-state index < -0.39 is 0 Å². The fourth-order valence-electron chi connectivity index (χ4n) is 0.851. The molecule has 1 aromatic rings. The second kappa shape index (κ2) is 4.34. The van der Waals surface area contributed by atoms with Crippen LogP contribution in [0.1, 0.15) is 6.42 Å². The van der Waals surface area contributed by atoms with E-state index in [2.05, 4.69) is 6.58 Å². The van der Waals surface area contributed by atoms with E-state index in [4.69, 9.17) is 0 Å². The molecule has 12 heavy (non-hydrogen) atoms. The standard InChI is InChI=1S/C10H11NO/c1-2-3-9-11(12)10-7-5-4-6-8-10/h2,4-9H,1,3H2. The van der Waals surface area contributed by atoms with E-state index in [-0.39, 0.29) is 0 Å². The van der Waals surface area contributed by atoms with E-state index in [1.54, 1.807) is 24.4 Å². The second-order valence-electron chi connectivity index (χ2n) is 2.37. The smallest absolute Gasteiger partial charge is 0.216 e. The Morgan fingerprint density at radius 2 is 2.00 bits per heavy atom. The summed E-state index contributed by atoms with van der Waals surface area (Å²) >= 11 is 0. The van der Waals surface area contributed by atoms with Crippen LogP contribution < -0.4 is 0 Å². The van der Waals surface area contributed by atoms with Gasteiger partial charge in [-0.15, -0.1) is 6.58 Å². The number of rotatable bonds is 3. The van der Waals surface area contributed by atoms with Crippen LogP contribution in [0.15, 0.2) is 43.0 Å². The second-order valence-corrected chi connectivity index (χ2v) is 2.37. The predicted octanol–water partition coefficient (Wildman–Crippen LogP) is 2.48. The third-order valence-corrected chi connectivity index (χ3v) is 1.45. The van der Waals surface area contributed by atoms with Gasteiger partial charge in [0.25, 0.3) is 0 Å². The zero-order valence-corrected chi connectivity index (χ0v) is 6.81. The highest BCUT2D eigenvalue weighted by molar-refractivity contribution is 5.56. The summed E-state index contributed by atoms with van der Waals surface area (Å²) in [7, 11) is 0. The molecule has 0 amide bonds. The summed E-state index contributed by atoms with van der Waals surface area (Å²) in [6.45, 7) is 3.53. The number of allylic oxidation sites excluding steroid dienone is 1. The largest absolute Gasteiger partial charge is 0.619 e. The van der Waals surface area contributed by atoms with Crippen molar-refractivity contribution in [2.24, 2.45) is 0 Å². The lowest BCUT2D eigenvalue weighted by Crippen LogP contribution is -1.95. The minimum absolute atomic E-state index is 0.596. The number of hydrogen-bond acceptors (Lipinski definition) is 1. The molecule has 0 aliphatic heterocycles. The summed E-state index contributed by atoms with van der Waals surface area (Å²) in [6.07, 6.45) is 3.83. The maximum absolute atomic E-state index is 11.2. The first-order chi connectivity index (χ1) is 5.84. The van der Waals surface area contributed by atoms with Gasteiger partial charge in [0.05, 0.1) is 0 Å². The highest BCUT2D eigenvalue weighted by atomic mass is 16.5. The van der Waals surface area contributed by atoms with Crippen LogP contribution in [0.4, 0.5) is 5.69 Å². The molecule has 0 N–H and O–H groups in total. The minimum Gasteiger partial charge on any atom is -0.619 e. The molecule has 0 heterocycles. The Morgan fingerprint density at radius 1 is 1.33 bits per heavy atom. The SMILES string of the molecule is C=CCC=[N+]([O-])c1ccccc1. The molecule has 0 aromatic heterocycles. The Kier molecular flexibility index (Phi) is 3.08. The first-order valence-corrected chi connectivity index (χ1v) is 3.80. The molecule has 1 rings (SSSR count). The Bertz CT molecular complexity index is 277. The summed E-state index contributed by atoms with van der Waals surface area (Å²) in [5, 5.41) is 11.2. The number of nitrogens with zero attached hydrogens (tertiary/aromatic N) is 1. The minimum atomic E-state index is 0.596. The Morgan fingerprint density at radius 3 is 2.58 bits per heavy atom. The lowest BCUT2D eigenvalue weighted by molar-refractivity contribution is -0.356. The van der Waals surface area contributed by atoms with Gasteiger partial charge in [-0.2, -0.15) is 4.74 Å². The average Bonchev–Trinajstić information content (AvgIpc) is 2.15. The Balaban J connectivity index is 2.77. The van der Waals surface area contributed by atoms with Gasteiger partial charge in [0, 0.05) is 18.6 Å². The first kappa shape index (κ1) is 8.53. The molecule has 0 radical (unpaired) electrons. The molecule has 0 unspecified atom stereocenters. The molecule has 0 spiro atoms. The molecule has 0 atom stereocenters. The van der Waals surface area contributed by atoms with Crippen LogP contribution in [0, 0.1) is 5.21 Å². The van der Waals surface area contributed by atoms with Gasteiger partial charge in [-0.3, -0.25) is 0 Å². The van der Waals surface area contributed by atoms with Crippen molar-refractivity contribution in [3.8, 4) is 0 Å². The van der Waals surface area contributed by atoms with E-state index in [1.165, 1.54) is 0 Å². The number of hydrogen-bond donors (Lipinski definition) is 0. The molecular formula is C10H11NO. The molecule has 2 heteroatoms. The van der Waals surface area contributed by atoms with Crippen molar-refractivity contribution >= 4 is 11.9 Å². The molecule has 0 bridgehead atoms. The average molecular weight is 161 g/mol. The van der Waals surface area contributed by atoms with Crippen molar-refractivity contribution in [2.75, 3.05) is 0 Å². The molecule has 2 nitrogen and oxygen atoms in total. The summed E-state index contributed by atoms with van der Waals surface area (Å²) in [5.41, 5.74) is 0.652. The maximum Gasteiger partial charge on any atom is 0.216 e. The zero-order valence-electron chi connectivity index (χ0n) is 6.81. The summed E-state index contributed by atoms with van der Waals surface area (Å²) in [5.74, 6) is 0. The molecule has 0 saturated heterocycles. The van der Waals surface area contributed by atoms with Crippen LogP contribution in [0.5, 0.6) is 0 Å². The molecule has 0 aliphatic rings. The van der Waals surface area contributed by atoms with E-state index >= 15 is 0 Å². The predicted molar refractivity (Wildman–Crippen MR) is 50.6 cm³/mol. The molecule has 1 aromatic carbocycles. The normalized spacial score (nSPS) is 11.2. The van der Waals surface area contributed by atoms with Crippen molar-refractivity contribution in [1.29, 1.82) is 0 Å². The van der Waals surface area contributed by atoms with Gasteiger partial charge in [-0.1, -0.05) is 24.3 Å². The maximum atomic E-state index is 11.2. The van der Waals surface area contributed by atoms with Crippen molar-refractivity contribution in [3.05, 3.63) is 48.2 Å². The van der Waals surface area contributed by atoms with Gasteiger partial charge in [-0.05, 0) is 0 Å². The van der Waals surface area contributed by atoms with Crippen LogP contribution >= 0.6 is 0 Å². The van der Waals surface area contributed by atoms with E-state index in [0.29, 0.717) is 12.1 Å². The monoisotopic (exact) mass is 161 g/mol. The zero-order chi connectivity index (χ0) is 8.81. The fourth-order valence-corrected chi connectivity index (χ4v) is 0.851. The van der Waals surface area contributed by atoms with Crippen molar-refractivity contribution < 1.29 is 4.74 Å². The van der Waals surface area contributed by atoms with E-state index in [1.807, 2.05) is 18.2 Å². The molecule has 0 aliphatic carbocycles. The molecule has 0 saturated carbocycles. The Labute approximate surface area is 72.1 Å². The summed E-state index contributed by atoms with van der Waals surface area (Å²) < 4.78 is 0.849. The summed E-state index contributed by atoms with van der Waals surface area (Å²) in [6, 6.07) is 9.09.